The summed E-state index contributed by atoms with van der Waals surface area (Å²) in [6.45, 7) is 1.27. The summed E-state index contributed by atoms with van der Waals surface area (Å²) >= 11 is 0. The van der Waals surface area contributed by atoms with Crippen LogP contribution in [-0.4, -0.2) is 40.6 Å². The first-order chi connectivity index (χ1) is 12.9. The number of imide groups is 1. The molecule has 1 aromatic rings. The van der Waals surface area contributed by atoms with Gasteiger partial charge >= 0.3 is 0 Å². The van der Waals surface area contributed by atoms with E-state index in [1.807, 2.05) is 12.2 Å². The molecule has 0 N–H and O–H groups in total. The standard InChI is InChI=1S/C20H20F2N2O3/c1-2-23(9-13-14(21)4-3-5-15(13)22)16(25)10-24-19(26)17-11-6-7-12(8-11)18(17)20(24)27/h3-7,11-12,17-18H,2,8-10H2,1H3/t11-,12-,17-,18+/m0/s1. The average molecular weight is 374 g/mol. The van der Waals surface area contributed by atoms with Crippen molar-refractivity contribution in [2.45, 2.75) is 19.9 Å². The van der Waals surface area contributed by atoms with E-state index in [4.69, 9.17) is 0 Å². The summed E-state index contributed by atoms with van der Waals surface area (Å²) in [5.41, 5.74) is -0.203. The molecule has 0 unspecified atom stereocenters. The number of benzene rings is 1. The lowest BCUT2D eigenvalue weighted by Crippen LogP contribution is -2.43. The number of allylic oxidation sites excluding steroid dienone is 2. The van der Waals surface area contributed by atoms with Crippen molar-refractivity contribution in [1.82, 2.24) is 9.80 Å². The van der Waals surface area contributed by atoms with Gasteiger partial charge in [-0.3, -0.25) is 19.3 Å². The van der Waals surface area contributed by atoms with Crippen molar-refractivity contribution in [2.24, 2.45) is 23.7 Å². The number of likely N-dealkylation sites (N-methyl/N-ethyl adjacent to an activating group) is 1. The van der Waals surface area contributed by atoms with E-state index < -0.39 is 17.5 Å². The van der Waals surface area contributed by atoms with Crippen LogP contribution < -0.4 is 0 Å². The lowest BCUT2D eigenvalue weighted by Gasteiger charge is -2.24. The number of carbonyl (C=O) groups is 3. The summed E-state index contributed by atoms with van der Waals surface area (Å²) in [7, 11) is 0. The number of hydrogen-bond acceptors (Lipinski definition) is 3. The summed E-state index contributed by atoms with van der Waals surface area (Å²) in [5.74, 6) is -3.14. The van der Waals surface area contributed by atoms with Crippen LogP contribution in [0.1, 0.15) is 18.9 Å². The largest absolute Gasteiger partial charge is 0.337 e. The molecule has 4 atom stereocenters. The van der Waals surface area contributed by atoms with Crippen LogP contribution in [-0.2, 0) is 20.9 Å². The summed E-state index contributed by atoms with van der Waals surface area (Å²) < 4.78 is 27.8. The highest BCUT2D eigenvalue weighted by molar-refractivity contribution is 6.08. The van der Waals surface area contributed by atoms with Gasteiger partial charge in [-0.1, -0.05) is 18.2 Å². The van der Waals surface area contributed by atoms with E-state index in [1.54, 1.807) is 6.92 Å². The maximum absolute atomic E-state index is 13.9. The summed E-state index contributed by atoms with van der Waals surface area (Å²) in [5, 5.41) is 0. The zero-order valence-corrected chi connectivity index (χ0v) is 14.9. The molecule has 142 valence electrons. The van der Waals surface area contributed by atoms with Gasteiger partial charge in [-0.25, -0.2) is 8.78 Å². The van der Waals surface area contributed by atoms with E-state index in [-0.39, 0.29) is 60.7 Å². The lowest BCUT2D eigenvalue weighted by molar-refractivity contribution is -0.147. The number of likely N-dealkylation sites (tertiary alicyclic amines) is 1. The van der Waals surface area contributed by atoms with Crippen molar-refractivity contribution >= 4 is 17.7 Å². The Kier molecular flexibility index (Phi) is 4.32. The second-order valence-electron chi connectivity index (χ2n) is 7.37. The number of fused-ring (bicyclic) bond motifs is 5. The van der Waals surface area contributed by atoms with Crippen LogP contribution in [0.4, 0.5) is 8.78 Å². The number of rotatable bonds is 5. The van der Waals surface area contributed by atoms with E-state index in [2.05, 4.69) is 0 Å². The molecular weight excluding hydrogens is 354 g/mol. The van der Waals surface area contributed by atoms with Crippen molar-refractivity contribution in [3.63, 3.8) is 0 Å². The van der Waals surface area contributed by atoms with Crippen molar-refractivity contribution in [1.29, 1.82) is 0 Å². The zero-order chi connectivity index (χ0) is 19.3. The Balaban J connectivity index is 1.48. The van der Waals surface area contributed by atoms with Gasteiger partial charge in [0.1, 0.15) is 18.2 Å². The van der Waals surface area contributed by atoms with Gasteiger partial charge in [0.25, 0.3) is 0 Å². The molecule has 7 heteroatoms. The third kappa shape index (κ3) is 2.76. The van der Waals surface area contributed by atoms with E-state index >= 15 is 0 Å². The lowest BCUT2D eigenvalue weighted by atomic mass is 9.85. The second-order valence-corrected chi connectivity index (χ2v) is 7.37. The Morgan fingerprint density at radius 1 is 1.11 bits per heavy atom. The minimum Gasteiger partial charge on any atom is -0.337 e. The Morgan fingerprint density at radius 2 is 1.67 bits per heavy atom. The van der Waals surface area contributed by atoms with E-state index in [1.165, 1.54) is 11.0 Å². The Bertz CT molecular complexity index is 803. The summed E-state index contributed by atoms with van der Waals surface area (Å²) in [4.78, 5) is 40.3. The van der Waals surface area contributed by atoms with Crippen LogP contribution in [0, 0.1) is 35.3 Å². The number of carbonyl (C=O) groups excluding carboxylic acids is 3. The van der Waals surface area contributed by atoms with Gasteiger partial charge < -0.3 is 4.90 Å². The molecule has 1 saturated carbocycles. The maximum Gasteiger partial charge on any atom is 0.243 e. The van der Waals surface area contributed by atoms with Crippen molar-refractivity contribution in [2.75, 3.05) is 13.1 Å². The molecule has 2 aliphatic carbocycles. The number of nitrogens with zero attached hydrogens (tertiary/aromatic N) is 2. The van der Waals surface area contributed by atoms with Crippen LogP contribution in [0.15, 0.2) is 30.4 Å². The normalized spacial score (nSPS) is 28.2. The minimum atomic E-state index is -0.730. The van der Waals surface area contributed by atoms with Crippen LogP contribution in [0.3, 0.4) is 0 Å². The molecular formula is C20H20F2N2O3. The van der Waals surface area contributed by atoms with Gasteiger partial charge in [-0.15, -0.1) is 0 Å². The number of amides is 3. The highest BCUT2D eigenvalue weighted by Gasteiger charge is 2.59. The van der Waals surface area contributed by atoms with E-state index in [9.17, 15) is 23.2 Å². The smallest absolute Gasteiger partial charge is 0.243 e. The Morgan fingerprint density at radius 3 is 2.19 bits per heavy atom. The highest BCUT2D eigenvalue weighted by atomic mass is 19.1. The van der Waals surface area contributed by atoms with Gasteiger partial charge in [0.05, 0.1) is 18.4 Å². The van der Waals surface area contributed by atoms with Crippen molar-refractivity contribution in [3.05, 3.63) is 47.5 Å². The molecule has 5 nitrogen and oxygen atoms in total. The fourth-order valence-corrected chi connectivity index (χ4v) is 4.61. The van der Waals surface area contributed by atoms with Crippen LogP contribution in [0.25, 0.3) is 0 Å². The quantitative estimate of drug-likeness (QED) is 0.586. The molecule has 0 radical (unpaired) electrons. The fourth-order valence-electron chi connectivity index (χ4n) is 4.61. The zero-order valence-electron chi connectivity index (χ0n) is 14.9. The molecule has 2 bridgehead atoms. The van der Waals surface area contributed by atoms with Gasteiger partial charge in [-0.2, -0.15) is 0 Å². The minimum absolute atomic E-state index is 0.0753. The topological polar surface area (TPSA) is 57.7 Å². The summed E-state index contributed by atoms with van der Waals surface area (Å²) in [6, 6.07) is 3.53. The Hall–Kier alpha value is -2.57. The van der Waals surface area contributed by atoms with Gasteiger partial charge in [0, 0.05) is 12.1 Å². The molecule has 0 spiro atoms. The molecule has 27 heavy (non-hydrogen) atoms. The highest BCUT2D eigenvalue weighted by Crippen LogP contribution is 2.52. The maximum atomic E-state index is 13.9. The van der Waals surface area contributed by atoms with Crippen LogP contribution in [0.5, 0.6) is 0 Å². The molecule has 4 rings (SSSR count). The molecule has 3 amide bonds. The third-order valence-corrected chi connectivity index (χ3v) is 6.00. The first kappa shape index (κ1) is 17.8. The predicted molar refractivity (Wildman–Crippen MR) is 91.9 cm³/mol. The van der Waals surface area contributed by atoms with Crippen molar-refractivity contribution in [3.8, 4) is 0 Å². The third-order valence-electron chi connectivity index (χ3n) is 6.00. The summed E-state index contributed by atoms with van der Waals surface area (Å²) in [6.07, 6.45) is 4.80. The fraction of sp³-hybridized carbons (Fsp3) is 0.450. The monoisotopic (exact) mass is 374 g/mol. The first-order valence-electron chi connectivity index (χ1n) is 9.16. The van der Waals surface area contributed by atoms with Crippen LogP contribution >= 0.6 is 0 Å². The second kappa shape index (κ2) is 6.55. The van der Waals surface area contributed by atoms with Gasteiger partial charge in [0.2, 0.25) is 17.7 Å². The molecule has 1 saturated heterocycles. The molecule has 3 aliphatic rings. The van der Waals surface area contributed by atoms with Gasteiger partial charge in [-0.05, 0) is 37.3 Å². The first-order valence-corrected chi connectivity index (χ1v) is 9.16. The molecule has 1 heterocycles. The number of hydrogen-bond donors (Lipinski definition) is 0. The average Bonchev–Trinajstić information content (AvgIpc) is 3.31. The SMILES string of the molecule is CCN(Cc1c(F)cccc1F)C(=O)CN1C(=O)[C@@H]2[C@H](C1=O)[C@H]1C=C[C@H]2C1. The number of halogens is 2. The Labute approximate surface area is 155 Å². The molecule has 2 fully saturated rings. The molecule has 1 aliphatic heterocycles. The van der Waals surface area contributed by atoms with Crippen LogP contribution in [0.2, 0.25) is 0 Å². The van der Waals surface area contributed by atoms with E-state index in [0.717, 1.165) is 23.5 Å². The van der Waals surface area contributed by atoms with E-state index in [0.29, 0.717) is 0 Å². The predicted octanol–water partition coefficient (Wildman–Crippen LogP) is 2.12. The van der Waals surface area contributed by atoms with Gasteiger partial charge in [0.15, 0.2) is 0 Å². The molecule has 0 aromatic heterocycles. The molecule has 1 aromatic carbocycles. The van der Waals surface area contributed by atoms with Crippen molar-refractivity contribution < 1.29 is 23.2 Å².